The second-order valence-electron chi connectivity index (χ2n) is 4.75. The van der Waals surface area contributed by atoms with Crippen molar-refractivity contribution >= 4 is 27.5 Å². The number of nitrogen functional groups attached to an aromatic ring is 1. The van der Waals surface area contributed by atoms with Gasteiger partial charge in [-0.25, -0.2) is 0 Å². The number of amides is 1. The smallest absolute Gasteiger partial charge is 0.253 e. The van der Waals surface area contributed by atoms with Crippen molar-refractivity contribution in [3.8, 4) is 0 Å². The summed E-state index contributed by atoms with van der Waals surface area (Å²) in [5.74, 6) is -0.167. The number of halogens is 1. The molecule has 0 saturated carbocycles. The van der Waals surface area contributed by atoms with E-state index in [1.807, 2.05) is 0 Å². The third-order valence-electron chi connectivity index (χ3n) is 2.14. The van der Waals surface area contributed by atoms with Crippen LogP contribution in [0.25, 0.3) is 0 Å². The lowest BCUT2D eigenvalue weighted by atomic mass is 10.1. The van der Waals surface area contributed by atoms with Gasteiger partial charge in [0.05, 0.1) is 5.60 Å². The number of anilines is 1. The molecule has 0 bridgehead atoms. The van der Waals surface area contributed by atoms with Crippen molar-refractivity contribution in [2.75, 3.05) is 19.3 Å². The molecule has 0 aliphatic carbocycles. The zero-order valence-corrected chi connectivity index (χ0v) is 11.8. The number of nitrogens with two attached hydrogens (primary N) is 1. The zero-order valence-electron chi connectivity index (χ0n) is 10.2. The molecule has 0 aliphatic heterocycles. The van der Waals surface area contributed by atoms with Crippen LogP contribution in [-0.2, 0) is 0 Å². The van der Waals surface area contributed by atoms with Crippen molar-refractivity contribution in [1.29, 1.82) is 0 Å². The second kappa shape index (κ2) is 5.06. The minimum atomic E-state index is -0.915. The van der Waals surface area contributed by atoms with Crippen LogP contribution in [0.2, 0.25) is 0 Å². The first-order valence-corrected chi connectivity index (χ1v) is 6.02. The molecular weight excluding hydrogens is 284 g/mol. The third-order valence-corrected chi connectivity index (χ3v) is 2.60. The van der Waals surface area contributed by atoms with Gasteiger partial charge in [-0.2, -0.15) is 0 Å². The highest BCUT2D eigenvalue weighted by molar-refractivity contribution is 9.10. The molecule has 4 nitrogen and oxygen atoms in total. The highest BCUT2D eigenvalue weighted by atomic mass is 79.9. The normalized spacial score (nSPS) is 11.4. The molecule has 1 aromatic carbocycles. The Kier molecular flexibility index (Phi) is 4.16. The third kappa shape index (κ3) is 4.36. The molecule has 0 unspecified atom stereocenters. The lowest BCUT2D eigenvalue weighted by Crippen LogP contribution is -2.39. The SMILES string of the molecule is CN(CC(C)(C)O)C(=O)c1cc(N)cc(Br)c1. The Morgan fingerprint density at radius 1 is 1.47 bits per heavy atom. The molecule has 5 heteroatoms. The molecular formula is C12H17BrN2O2. The number of nitrogens with zero attached hydrogens (tertiary/aromatic N) is 1. The maximum atomic E-state index is 12.1. The lowest BCUT2D eigenvalue weighted by Gasteiger charge is -2.25. The molecule has 0 aromatic heterocycles. The molecule has 1 aromatic rings. The highest BCUT2D eigenvalue weighted by Crippen LogP contribution is 2.18. The van der Waals surface area contributed by atoms with E-state index < -0.39 is 5.60 Å². The standard InChI is InChI=1S/C12H17BrN2O2/c1-12(2,17)7-15(3)11(16)8-4-9(13)6-10(14)5-8/h4-6,17H,7,14H2,1-3H3. The maximum absolute atomic E-state index is 12.1. The minimum Gasteiger partial charge on any atom is -0.399 e. The van der Waals surface area contributed by atoms with Gasteiger partial charge in [-0.05, 0) is 32.0 Å². The number of carbonyl (C=O) groups excluding carboxylic acids is 1. The van der Waals surface area contributed by atoms with Crippen LogP contribution in [-0.4, -0.2) is 35.1 Å². The molecule has 1 rings (SSSR count). The Bertz CT molecular complexity index is 407. The Morgan fingerprint density at radius 2 is 2.06 bits per heavy atom. The molecule has 0 radical (unpaired) electrons. The average Bonchev–Trinajstić information content (AvgIpc) is 2.12. The number of likely N-dealkylation sites (N-methyl/N-ethyl adjacent to an activating group) is 1. The van der Waals surface area contributed by atoms with E-state index in [0.717, 1.165) is 4.47 Å². The van der Waals surface area contributed by atoms with Gasteiger partial charge in [0.2, 0.25) is 0 Å². The summed E-state index contributed by atoms with van der Waals surface area (Å²) in [5.41, 5.74) is 5.79. The molecule has 1 amide bonds. The van der Waals surface area contributed by atoms with E-state index in [4.69, 9.17) is 5.73 Å². The van der Waals surface area contributed by atoms with Gasteiger partial charge in [0.1, 0.15) is 0 Å². The van der Waals surface area contributed by atoms with Gasteiger partial charge in [-0.15, -0.1) is 0 Å². The van der Waals surface area contributed by atoms with Gasteiger partial charge < -0.3 is 15.7 Å². The second-order valence-corrected chi connectivity index (χ2v) is 5.66. The molecule has 0 aliphatic rings. The summed E-state index contributed by atoms with van der Waals surface area (Å²) in [5, 5.41) is 9.67. The van der Waals surface area contributed by atoms with Crippen LogP contribution >= 0.6 is 15.9 Å². The minimum absolute atomic E-state index is 0.167. The first-order valence-electron chi connectivity index (χ1n) is 5.23. The lowest BCUT2D eigenvalue weighted by molar-refractivity contribution is 0.0368. The van der Waals surface area contributed by atoms with E-state index in [-0.39, 0.29) is 12.5 Å². The number of benzene rings is 1. The highest BCUT2D eigenvalue weighted by Gasteiger charge is 2.20. The van der Waals surface area contributed by atoms with Gasteiger partial charge in [0, 0.05) is 29.3 Å². The summed E-state index contributed by atoms with van der Waals surface area (Å²) in [6, 6.07) is 5.06. The Hall–Kier alpha value is -1.07. The zero-order chi connectivity index (χ0) is 13.2. The topological polar surface area (TPSA) is 66.6 Å². The van der Waals surface area contributed by atoms with Gasteiger partial charge in [-0.3, -0.25) is 4.79 Å². The summed E-state index contributed by atoms with van der Waals surface area (Å²) < 4.78 is 0.762. The van der Waals surface area contributed by atoms with Gasteiger partial charge in [-0.1, -0.05) is 15.9 Å². The molecule has 0 spiro atoms. The monoisotopic (exact) mass is 300 g/mol. The van der Waals surface area contributed by atoms with Crippen LogP contribution in [0.3, 0.4) is 0 Å². The van der Waals surface area contributed by atoms with Crippen molar-refractivity contribution < 1.29 is 9.90 Å². The van der Waals surface area contributed by atoms with E-state index in [1.165, 1.54) is 4.90 Å². The van der Waals surface area contributed by atoms with Gasteiger partial charge >= 0.3 is 0 Å². The van der Waals surface area contributed by atoms with Crippen molar-refractivity contribution in [3.63, 3.8) is 0 Å². The van der Waals surface area contributed by atoms with Crippen LogP contribution in [0.1, 0.15) is 24.2 Å². The van der Waals surface area contributed by atoms with E-state index >= 15 is 0 Å². The van der Waals surface area contributed by atoms with E-state index in [0.29, 0.717) is 11.3 Å². The summed E-state index contributed by atoms with van der Waals surface area (Å²) in [4.78, 5) is 13.5. The summed E-state index contributed by atoms with van der Waals surface area (Å²) in [6.07, 6.45) is 0. The molecule has 94 valence electrons. The van der Waals surface area contributed by atoms with Crippen LogP contribution in [0.15, 0.2) is 22.7 Å². The van der Waals surface area contributed by atoms with Crippen molar-refractivity contribution in [1.82, 2.24) is 4.90 Å². The van der Waals surface area contributed by atoms with E-state index in [2.05, 4.69) is 15.9 Å². The molecule has 17 heavy (non-hydrogen) atoms. The largest absolute Gasteiger partial charge is 0.399 e. The van der Waals surface area contributed by atoms with Gasteiger partial charge in [0.15, 0.2) is 0 Å². The van der Waals surface area contributed by atoms with Crippen LogP contribution in [0.4, 0.5) is 5.69 Å². The quantitative estimate of drug-likeness (QED) is 0.838. The Labute approximate surface area is 110 Å². The first-order chi connectivity index (χ1) is 7.69. The number of hydrogen-bond donors (Lipinski definition) is 2. The maximum Gasteiger partial charge on any atom is 0.253 e. The molecule has 0 saturated heterocycles. The summed E-state index contributed by atoms with van der Waals surface area (Å²) >= 11 is 3.29. The van der Waals surface area contributed by atoms with Crippen molar-refractivity contribution in [3.05, 3.63) is 28.2 Å². The van der Waals surface area contributed by atoms with Crippen LogP contribution in [0.5, 0.6) is 0 Å². The van der Waals surface area contributed by atoms with Gasteiger partial charge in [0.25, 0.3) is 5.91 Å². The number of carbonyl (C=O) groups is 1. The first kappa shape index (κ1) is 14.0. The van der Waals surface area contributed by atoms with Crippen LogP contribution < -0.4 is 5.73 Å². The predicted molar refractivity (Wildman–Crippen MR) is 71.8 cm³/mol. The fourth-order valence-electron chi connectivity index (χ4n) is 1.61. The van der Waals surface area contributed by atoms with E-state index in [1.54, 1.807) is 39.1 Å². The summed E-state index contributed by atoms with van der Waals surface area (Å²) in [6.45, 7) is 3.58. The van der Waals surface area contributed by atoms with E-state index in [9.17, 15) is 9.90 Å². The Balaban J connectivity index is 2.89. The fraction of sp³-hybridized carbons (Fsp3) is 0.417. The number of hydrogen-bond acceptors (Lipinski definition) is 3. The predicted octanol–water partition coefficient (Wildman–Crippen LogP) is 1.87. The average molecular weight is 301 g/mol. The van der Waals surface area contributed by atoms with Crippen molar-refractivity contribution in [2.24, 2.45) is 0 Å². The van der Waals surface area contributed by atoms with Crippen LogP contribution in [0, 0.1) is 0 Å². The molecule has 0 heterocycles. The molecule has 0 atom stereocenters. The Morgan fingerprint density at radius 3 is 2.53 bits per heavy atom. The van der Waals surface area contributed by atoms with Crippen molar-refractivity contribution in [2.45, 2.75) is 19.4 Å². The molecule has 3 N–H and O–H groups in total. The fourth-order valence-corrected chi connectivity index (χ4v) is 2.12. The summed E-state index contributed by atoms with van der Waals surface area (Å²) in [7, 11) is 1.65. The molecule has 0 fully saturated rings. The number of rotatable bonds is 3. The number of aliphatic hydroxyl groups is 1.